The molecule has 1 aromatic rings. The van der Waals surface area contributed by atoms with Gasteiger partial charge in [-0.3, -0.25) is 24.0 Å². The fraction of sp³-hybridized carbons (Fsp3) is 0.400. The molecule has 186 valence electrons. The minimum absolute atomic E-state index is 0.0457. The van der Waals surface area contributed by atoms with Gasteiger partial charge in [0.15, 0.2) is 0 Å². The van der Waals surface area contributed by atoms with Crippen molar-refractivity contribution in [3.8, 4) is 0 Å². The molecule has 0 radical (unpaired) electrons. The molecular formula is C20H27N5O8S. The highest BCUT2D eigenvalue weighted by Crippen LogP contribution is 2.06. The summed E-state index contributed by atoms with van der Waals surface area (Å²) in [5.74, 6) is -6.73. The predicted octanol–water partition coefficient (Wildman–Crippen LogP) is -2.62. The van der Waals surface area contributed by atoms with Crippen LogP contribution in [0, 0.1) is 0 Å². The van der Waals surface area contributed by atoms with Gasteiger partial charge in [0.25, 0.3) is 0 Å². The third-order valence-corrected chi connectivity index (χ3v) is 4.87. The van der Waals surface area contributed by atoms with Gasteiger partial charge in [0.05, 0.1) is 18.9 Å². The number of carbonyl (C=O) groups is 6. The van der Waals surface area contributed by atoms with Gasteiger partial charge in [-0.2, -0.15) is 12.6 Å². The van der Waals surface area contributed by atoms with Crippen molar-refractivity contribution in [3.05, 3.63) is 35.9 Å². The molecule has 14 heteroatoms. The summed E-state index contributed by atoms with van der Waals surface area (Å²) in [6.07, 6.45) is -1.60. The van der Waals surface area contributed by atoms with Crippen molar-refractivity contribution < 1.29 is 39.0 Å². The van der Waals surface area contributed by atoms with Crippen molar-refractivity contribution in [3.63, 3.8) is 0 Å². The molecule has 0 aliphatic heterocycles. The number of amides is 4. The monoisotopic (exact) mass is 497 g/mol. The zero-order valence-corrected chi connectivity index (χ0v) is 18.9. The molecule has 0 fully saturated rings. The maximum absolute atomic E-state index is 12.8. The molecule has 34 heavy (non-hydrogen) atoms. The van der Waals surface area contributed by atoms with Gasteiger partial charge >= 0.3 is 11.9 Å². The summed E-state index contributed by atoms with van der Waals surface area (Å²) in [5.41, 5.74) is 11.3. The fourth-order valence-electron chi connectivity index (χ4n) is 2.75. The number of primary amides is 1. The first kappa shape index (κ1) is 28.4. The molecule has 0 aromatic heterocycles. The van der Waals surface area contributed by atoms with E-state index in [0.29, 0.717) is 5.56 Å². The Hall–Kier alpha value is -3.65. The highest BCUT2D eigenvalue weighted by molar-refractivity contribution is 7.80. The average Bonchev–Trinajstić information content (AvgIpc) is 2.76. The van der Waals surface area contributed by atoms with Crippen molar-refractivity contribution in [1.29, 1.82) is 0 Å². The van der Waals surface area contributed by atoms with Crippen molar-refractivity contribution in [2.24, 2.45) is 11.5 Å². The number of hydrogen-bond donors (Lipinski definition) is 8. The molecule has 9 N–H and O–H groups in total. The SMILES string of the molecule is NC(=O)CC(NC(=O)C(N)CS)C(=O)NC(Cc1ccccc1)C(=O)NC(CC(=O)O)C(=O)O. The number of carboxylic acids is 2. The van der Waals surface area contributed by atoms with Crippen LogP contribution < -0.4 is 27.4 Å². The molecule has 0 bridgehead atoms. The van der Waals surface area contributed by atoms with Gasteiger partial charge in [0.2, 0.25) is 23.6 Å². The van der Waals surface area contributed by atoms with Crippen LogP contribution in [0.3, 0.4) is 0 Å². The van der Waals surface area contributed by atoms with E-state index in [1.807, 2.05) is 0 Å². The van der Waals surface area contributed by atoms with E-state index in [1.54, 1.807) is 30.3 Å². The van der Waals surface area contributed by atoms with E-state index in [-0.39, 0.29) is 12.2 Å². The van der Waals surface area contributed by atoms with E-state index in [1.165, 1.54) is 0 Å². The van der Waals surface area contributed by atoms with E-state index in [0.717, 1.165) is 0 Å². The molecule has 0 saturated heterocycles. The first-order valence-electron chi connectivity index (χ1n) is 9.99. The molecule has 0 spiro atoms. The van der Waals surface area contributed by atoms with Crippen LogP contribution in [0.5, 0.6) is 0 Å². The number of nitrogens with two attached hydrogens (primary N) is 2. The lowest BCUT2D eigenvalue weighted by Crippen LogP contribution is -2.58. The highest BCUT2D eigenvalue weighted by Gasteiger charge is 2.31. The van der Waals surface area contributed by atoms with Crippen LogP contribution in [-0.4, -0.2) is 75.7 Å². The molecule has 1 rings (SSSR count). The third kappa shape index (κ3) is 9.87. The zero-order valence-electron chi connectivity index (χ0n) is 18.0. The summed E-state index contributed by atoms with van der Waals surface area (Å²) >= 11 is 3.89. The number of aliphatic carboxylic acids is 2. The Morgan fingerprint density at radius 3 is 1.85 bits per heavy atom. The minimum Gasteiger partial charge on any atom is -0.481 e. The van der Waals surface area contributed by atoms with Gasteiger partial charge in [-0.1, -0.05) is 30.3 Å². The Morgan fingerprint density at radius 1 is 0.824 bits per heavy atom. The molecule has 0 aliphatic carbocycles. The van der Waals surface area contributed by atoms with Crippen LogP contribution >= 0.6 is 12.6 Å². The summed E-state index contributed by atoms with van der Waals surface area (Å²) in [6.45, 7) is 0. The van der Waals surface area contributed by atoms with Gasteiger partial charge in [-0.15, -0.1) is 0 Å². The summed E-state index contributed by atoms with van der Waals surface area (Å²) in [4.78, 5) is 71.4. The van der Waals surface area contributed by atoms with Gasteiger partial charge < -0.3 is 37.6 Å². The topological polar surface area (TPSA) is 231 Å². The Balaban J connectivity index is 3.13. The highest BCUT2D eigenvalue weighted by atomic mass is 32.1. The maximum Gasteiger partial charge on any atom is 0.326 e. The Morgan fingerprint density at radius 2 is 1.35 bits per heavy atom. The molecule has 4 amide bonds. The zero-order chi connectivity index (χ0) is 25.8. The van der Waals surface area contributed by atoms with E-state index in [4.69, 9.17) is 16.6 Å². The van der Waals surface area contributed by atoms with Crippen LogP contribution in [0.4, 0.5) is 0 Å². The molecule has 1 aromatic carbocycles. The largest absolute Gasteiger partial charge is 0.481 e. The fourth-order valence-corrected chi connectivity index (χ4v) is 2.92. The maximum atomic E-state index is 12.8. The van der Waals surface area contributed by atoms with Gasteiger partial charge in [-0.25, -0.2) is 4.79 Å². The van der Waals surface area contributed by atoms with Gasteiger partial charge in [0, 0.05) is 12.2 Å². The third-order valence-electron chi connectivity index (χ3n) is 4.48. The lowest BCUT2D eigenvalue weighted by Gasteiger charge is -2.24. The Labute approximate surface area is 200 Å². The quantitative estimate of drug-likeness (QED) is 0.125. The van der Waals surface area contributed by atoms with Crippen LogP contribution in [0.1, 0.15) is 18.4 Å². The van der Waals surface area contributed by atoms with Crippen molar-refractivity contribution in [2.45, 2.75) is 43.4 Å². The lowest BCUT2D eigenvalue weighted by molar-refractivity contribution is -0.147. The summed E-state index contributed by atoms with van der Waals surface area (Å²) < 4.78 is 0. The number of carbonyl (C=O) groups excluding carboxylic acids is 4. The van der Waals surface area contributed by atoms with Crippen LogP contribution in [-0.2, 0) is 35.2 Å². The first-order chi connectivity index (χ1) is 15.9. The number of nitrogens with one attached hydrogen (secondary N) is 3. The molecule has 0 aliphatic rings. The smallest absolute Gasteiger partial charge is 0.326 e. The van der Waals surface area contributed by atoms with Crippen molar-refractivity contribution >= 4 is 48.2 Å². The van der Waals surface area contributed by atoms with Crippen molar-refractivity contribution in [1.82, 2.24) is 16.0 Å². The lowest BCUT2D eigenvalue weighted by atomic mass is 10.0. The summed E-state index contributed by atoms with van der Waals surface area (Å²) in [7, 11) is 0. The van der Waals surface area contributed by atoms with Crippen molar-refractivity contribution in [2.75, 3.05) is 5.75 Å². The number of rotatable bonds is 14. The van der Waals surface area contributed by atoms with Crippen LogP contribution in [0.25, 0.3) is 0 Å². The van der Waals surface area contributed by atoms with E-state index in [2.05, 4.69) is 28.6 Å². The normalized spacial score (nSPS) is 14.1. The van der Waals surface area contributed by atoms with Gasteiger partial charge in [-0.05, 0) is 5.56 Å². The van der Waals surface area contributed by atoms with E-state index >= 15 is 0 Å². The van der Waals surface area contributed by atoms with Gasteiger partial charge in [0.1, 0.15) is 18.1 Å². The predicted molar refractivity (Wildman–Crippen MR) is 121 cm³/mol. The van der Waals surface area contributed by atoms with E-state index in [9.17, 15) is 33.9 Å². The molecule has 4 unspecified atom stereocenters. The second-order valence-corrected chi connectivity index (χ2v) is 7.63. The summed E-state index contributed by atoms with van der Waals surface area (Å²) in [5, 5.41) is 24.8. The van der Waals surface area contributed by atoms with Crippen LogP contribution in [0.15, 0.2) is 30.3 Å². The molecule has 4 atom stereocenters. The first-order valence-corrected chi connectivity index (χ1v) is 10.6. The standard InChI is InChI=1S/C20H27N5O8S/c21-11(9-34)17(29)23-13(7-15(22)26)19(31)24-12(6-10-4-2-1-3-5-10)18(30)25-14(20(32)33)8-16(27)28/h1-5,11-14,34H,6-9,21H2,(H2,22,26)(H,23,29)(H,24,31)(H,25,30)(H,27,28)(H,32,33). The second-order valence-electron chi connectivity index (χ2n) is 7.27. The number of hydrogen-bond acceptors (Lipinski definition) is 8. The number of thiol groups is 1. The second kappa shape index (κ2) is 13.8. The molecule has 0 saturated carbocycles. The molecule has 13 nitrogen and oxygen atoms in total. The summed E-state index contributed by atoms with van der Waals surface area (Å²) in [6, 6.07) is 2.66. The number of benzene rings is 1. The van der Waals surface area contributed by atoms with Crippen LogP contribution in [0.2, 0.25) is 0 Å². The number of carboxylic acid groups (broad SMARTS) is 2. The molecular weight excluding hydrogens is 470 g/mol. The Kier molecular flexibility index (Phi) is 11.5. The Bertz CT molecular complexity index is 913. The minimum atomic E-state index is -1.75. The van der Waals surface area contributed by atoms with E-state index < -0.39 is 72.6 Å². The molecule has 0 heterocycles. The average molecular weight is 498 g/mol.